The average Bonchev–Trinajstić information content (AvgIpc) is 2.39. The summed E-state index contributed by atoms with van der Waals surface area (Å²) in [4.78, 5) is 4.07. The zero-order chi connectivity index (χ0) is 13.2. The highest BCUT2D eigenvalue weighted by Crippen LogP contribution is 2.27. The molecule has 1 aromatic heterocycles. The van der Waals surface area contributed by atoms with E-state index in [1.165, 1.54) is 16.6 Å². The first-order valence-corrected chi connectivity index (χ1v) is 8.18. The second-order valence-electron chi connectivity index (χ2n) is 4.03. The van der Waals surface area contributed by atoms with Gasteiger partial charge in [-0.05, 0) is 19.1 Å². The van der Waals surface area contributed by atoms with Crippen LogP contribution in [0.4, 0.5) is 5.82 Å². The summed E-state index contributed by atoms with van der Waals surface area (Å²) in [5.41, 5.74) is 2.33. The normalized spacial score (nSPS) is 21.8. The summed E-state index contributed by atoms with van der Waals surface area (Å²) < 4.78 is 26.6. The molecule has 0 aliphatic carbocycles. The van der Waals surface area contributed by atoms with E-state index in [4.69, 9.17) is 5.84 Å². The lowest BCUT2D eigenvalue weighted by Crippen LogP contribution is -2.44. The van der Waals surface area contributed by atoms with Crippen molar-refractivity contribution in [2.24, 2.45) is 5.84 Å². The Kier molecular flexibility index (Phi) is 4.10. The predicted molar refractivity (Wildman–Crippen MR) is 72.7 cm³/mol. The largest absolute Gasteiger partial charge is 0.307 e. The molecule has 2 heterocycles. The van der Waals surface area contributed by atoms with Gasteiger partial charge in [-0.3, -0.25) is 0 Å². The summed E-state index contributed by atoms with van der Waals surface area (Å²) in [5, 5.41) is 0. The van der Waals surface area contributed by atoms with E-state index in [9.17, 15) is 8.42 Å². The van der Waals surface area contributed by atoms with E-state index >= 15 is 0 Å². The molecule has 8 heteroatoms. The minimum absolute atomic E-state index is 0.0143. The lowest BCUT2D eigenvalue weighted by atomic mass is 10.4. The monoisotopic (exact) mass is 288 g/mol. The minimum Gasteiger partial charge on any atom is -0.307 e. The fourth-order valence-corrected chi connectivity index (χ4v) is 4.87. The fraction of sp³-hybridized carbons (Fsp3) is 0.500. The molecule has 0 bridgehead atoms. The number of anilines is 1. The molecule has 100 valence electrons. The summed E-state index contributed by atoms with van der Waals surface area (Å²) in [6.45, 7) is 2.43. The summed E-state index contributed by atoms with van der Waals surface area (Å²) in [7, 11) is -3.54. The lowest BCUT2D eigenvalue weighted by molar-refractivity contribution is 0.367. The summed E-state index contributed by atoms with van der Waals surface area (Å²) in [5.74, 6) is 7.12. The Hall–Kier alpha value is -0.830. The molecule has 1 unspecified atom stereocenters. The molecule has 1 saturated heterocycles. The summed E-state index contributed by atoms with van der Waals surface area (Å²) >= 11 is 1.77. The third kappa shape index (κ3) is 2.46. The van der Waals surface area contributed by atoms with Crippen molar-refractivity contribution in [3.05, 3.63) is 18.3 Å². The molecule has 1 aromatic rings. The van der Waals surface area contributed by atoms with E-state index in [1.54, 1.807) is 17.8 Å². The lowest BCUT2D eigenvalue weighted by Gasteiger charge is -2.32. The Morgan fingerprint density at radius 1 is 1.61 bits per heavy atom. The number of nitrogens with one attached hydrogen (secondary N) is 1. The number of nitrogens with zero attached hydrogens (tertiary/aromatic N) is 2. The van der Waals surface area contributed by atoms with Crippen LogP contribution >= 0.6 is 11.8 Å². The van der Waals surface area contributed by atoms with Gasteiger partial charge in [-0.25, -0.2) is 19.2 Å². The standard InChI is InChI=1S/C10H16N4O2S2/c1-8-7-17-6-5-14(8)18(15,16)9-3-2-4-12-10(9)13-11/h2-4,8H,5-7,11H2,1H3,(H,12,13). The maximum Gasteiger partial charge on any atom is 0.247 e. The van der Waals surface area contributed by atoms with Crippen LogP contribution in [0.3, 0.4) is 0 Å². The molecule has 1 aliphatic rings. The first kappa shape index (κ1) is 13.6. The van der Waals surface area contributed by atoms with Gasteiger partial charge in [0, 0.05) is 30.3 Å². The summed E-state index contributed by atoms with van der Waals surface area (Å²) in [6, 6.07) is 3.10. The second kappa shape index (κ2) is 5.43. The number of nitrogens with two attached hydrogens (primary N) is 1. The second-order valence-corrected chi connectivity index (χ2v) is 7.04. The van der Waals surface area contributed by atoms with E-state index < -0.39 is 10.0 Å². The minimum atomic E-state index is -3.54. The Morgan fingerprint density at radius 2 is 2.39 bits per heavy atom. The SMILES string of the molecule is CC1CSCCN1S(=O)(=O)c1cccnc1NN. The average molecular weight is 288 g/mol. The smallest absolute Gasteiger partial charge is 0.247 e. The molecule has 0 radical (unpaired) electrons. The zero-order valence-electron chi connectivity index (χ0n) is 10.0. The first-order valence-electron chi connectivity index (χ1n) is 5.58. The van der Waals surface area contributed by atoms with Crippen molar-refractivity contribution in [2.45, 2.75) is 17.9 Å². The van der Waals surface area contributed by atoms with Gasteiger partial charge in [0.2, 0.25) is 10.0 Å². The number of thioether (sulfide) groups is 1. The van der Waals surface area contributed by atoms with Crippen LogP contribution in [0.1, 0.15) is 6.92 Å². The molecule has 1 aliphatic heterocycles. The van der Waals surface area contributed by atoms with Crippen LogP contribution in [0.2, 0.25) is 0 Å². The number of aromatic nitrogens is 1. The van der Waals surface area contributed by atoms with E-state index in [1.807, 2.05) is 6.92 Å². The molecular weight excluding hydrogens is 272 g/mol. The van der Waals surface area contributed by atoms with Crippen LogP contribution in [0.15, 0.2) is 23.2 Å². The van der Waals surface area contributed by atoms with Crippen LogP contribution in [0.25, 0.3) is 0 Å². The maximum atomic E-state index is 12.6. The number of rotatable bonds is 3. The third-order valence-electron chi connectivity index (χ3n) is 2.80. The van der Waals surface area contributed by atoms with E-state index in [2.05, 4.69) is 10.4 Å². The zero-order valence-corrected chi connectivity index (χ0v) is 11.7. The van der Waals surface area contributed by atoms with Crippen LogP contribution in [0.5, 0.6) is 0 Å². The van der Waals surface area contributed by atoms with Crippen molar-refractivity contribution in [3.8, 4) is 0 Å². The topological polar surface area (TPSA) is 88.3 Å². The molecule has 18 heavy (non-hydrogen) atoms. The highest BCUT2D eigenvalue weighted by atomic mass is 32.2. The third-order valence-corrected chi connectivity index (χ3v) is 6.04. The van der Waals surface area contributed by atoms with Gasteiger partial charge in [0.05, 0.1) is 0 Å². The van der Waals surface area contributed by atoms with Gasteiger partial charge in [0.25, 0.3) is 0 Å². The van der Waals surface area contributed by atoms with Crippen molar-refractivity contribution in [2.75, 3.05) is 23.5 Å². The molecule has 6 nitrogen and oxygen atoms in total. The highest BCUT2D eigenvalue weighted by Gasteiger charge is 2.33. The van der Waals surface area contributed by atoms with Crippen molar-refractivity contribution < 1.29 is 8.42 Å². The Morgan fingerprint density at radius 3 is 3.06 bits per heavy atom. The highest BCUT2D eigenvalue weighted by molar-refractivity contribution is 7.99. The van der Waals surface area contributed by atoms with Gasteiger partial charge in [-0.1, -0.05) is 0 Å². The van der Waals surface area contributed by atoms with Crippen molar-refractivity contribution in [1.82, 2.24) is 9.29 Å². The molecule has 0 aromatic carbocycles. The van der Waals surface area contributed by atoms with E-state index in [0.717, 1.165) is 11.5 Å². The number of pyridine rings is 1. The summed E-state index contributed by atoms with van der Waals surface area (Å²) in [6.07, 6.45) is 1.50. The first-order chi connectivity index (χ1) is 8.57. The Balaban J connectivity index is 2.41. The molecule has 0 spiro atoms. The van der Waals surface area contributed by atoms with Crippen LogP contribution in [-0.4, -0.2) is 41.8 Å². The number of hydrogen-bond acceptors (Lipinski definition) is 6. The van der Waals surface area contributed by atoms with Crippen LogP contribution in [0, 0.1) is 0 Å². The molecular formula is C10H16N4O2S2. The quantitative estimate of drug-likeness (QED) is 0.622. The van der Waals surface area contributed by atoms with Gasteiger partial charge in [0.1, 0.15) is 4.90 Å². The van der Waals surface area contributed by atoms with Gasteiger partial charge in [-0.2, -0.15) is 16.1 Å². The van der Waals surface area contributed by atoms with Crippen molar-refractivity contribution >= 4 is 27.6 Å². The molecule has 0 amide bonds. The van der Waals surface area contributed by atoms with Gasteiger partial charge in [0.15, 0.2) is 5.82 Å². The Bertz CT molecular complexity index is 520. The molecule has 1 atom stereocenters. The molecule has 3 N–H and O–H groups in total. The Labute approximate surface area is 111 Å². The van der Waals surface area contributed by atoms with Gasteiger partial charge >= 0.3 is 0 Å². The van der Waals surface area contributed by atoms with Gasteiger partial charge in [-0.15, -0.1) is 0 Å². The fourth-order valence-electron chi connectivity index (χ4n) is 1.90. The van der Waals surface area contributed by atoms with Crippen LogP contribution in [-0.2, 0) is 10.0 Å². The molecule has 2 rings (SSSR count). The predicted octanol–water partition coefficient (Wildman–Crippen LogP) is 0.493. The number of nitrogen functional groups attached to an aromatic ring is 1. The molecule has 0 saturated carbocycles. The molecule has 1 fully saturated rings. The van der Waals surface area contributed by atoms with E-state index in [-0.39, 0.29) is 16.8 Å². The number of hydrazine groups is 1. The number of hydrogen-bond donors (Lipinski definition) is 2. The van der Waals surface area contributed by atoms with Crippen LogP contribution < -0.4 is 11.3 Å². The van der Waals surface area contributed by atoms with Gasteiger partial charge < -0.3 is 5.43 Å². The van der Waals surface area contributed by atoms with E-state index in [0.29, 0.717) is 6.54 Å². The van der Waals surface area contributed by atoms with Crippen molar-refractivity contribution in [1.29, 1.82) is 0 Å². The van der Waals surface area contributed by atoms with Crippen molar-refractivity contribution in [3.63, 3.8) is 0 Å². The number of sulfonamides is 1. The maximum absolute atomic E-state index is 12.6.